The molecule has 3 aromatic carbocycles. The van der Waals surface area contributed by atoms with Crippen molar-refractivity contribution in [3.8, 4) is 5.75 Å². The molecule has 2 fully saturated rings. The van der Waals surface area contributed by atoms with Crippen LogP contribution in [0.4, 0.5) is 18.9 Å². The first-order valence-electron chi connectivity index (χ1n) is 15.2. The number of carbonyl (C=O) groups is 2. The zero-order valence-corrected chi connectivity index (χ0v) is 24.5. The van der Waals surface area contributed by atoms with Crippen molar-refractivity contribution in [3.05, 3.63) is 95.1 Å². The van der Waals surface area contributed by atoms with E-state index in [4.69, 9.17) is 0 Å². The summed E-state index contributed by atoms with van der Waals surface area (Å²) in [7, 11) is 0. The van der Waals surface area contributed by atoms with Gasteiger partial charge in [-0.3, -0.25) is 9.59 Å². The van der Waals surface area contributed by atoms with E-state index in [9.17, 15) is 27.9 Å². The Kier molecular flexibility index (Phi) is 10.2. The zero-order valence-electron chi connectivity index (χ0n) is 24.5. The molecule has 0 spiro atoms. The van der Waals surface area contributed by atoms with Gasteiger partial charge in [-0.1, -0.05) is 55.3 Å². The number of rotatable bonds is 12. The van der Waals surface area contributed by atoms with Gasteiger partial charge in [-0.05, 0) is 78.6 Å². The maximum atomic E-state index is 13.8. The largest absolute Gasteiger partial charge is 0.573 e. The molecule has 1 aliphatic heterocycles. The van der Waals surface area contributed by atoms with Crippen molar-refractivity contribution in [1.29, 1.82) is 0 Å². The van der Waals surface area contributed by atoms with E-state index < -0.39 is 18.5 Å². The van der Waals surface area contributed by atoms with Gasteiger partial charge >= 0.3 is 6.36 Å². The van der Waals surface area contributed by atoms with Gasteiger partial charge in [-0.2, -0.15) is 0 Å². The highest BCUT2D eigenvalue weighted by molar-refractivity contribution is 5.99. The molecule has 0 radical (unpaired) electrons. The molecule has 5 rings (SSSR count). The number of amides is 2. The number of hydrogen-bond donors (Lipinski definition) is 3. The monoisotopic (exact) mass is 609 g/mol. The van der Waals surface area contributed by atoms with Gasteiger partial charge in [-0.25, -0.2) is 0 Å². The Balaban J connectivity index is 1.31. The van der Waals surface area contributed by atoms with Crippen molar-refractivity contribution in [2.24, 2.45) is 0 Å². The molecule has 1 saturated carbocycles. The van der Waals surface area contributed by atoms with Gasteiger partial charge in [0.1, 0.15) is 5.75 Å². The minimum absolute atomic E-state index is 0.0545. The predicted octanol–water partition coefficient (Wildman–Crippen LogP) is 5.86. The number of alkyl halides is 3. The van der Waals surface area contributed by atoms with Crippen LogP contribution in [0.3, 0.4) is 0 Å². The molecular formula is C34H38F3N3O4. The number of ether oxygens (including phenoxy) is 1. The average Bonchev–Trinajstić information content (AvgIpc) is 3.69. The van der Waals surface area contributed by atoms with Crippen molar-refractivity contribution in [3.63, 3.8) is 0 Å². The van der Waals surface area contributed by atoms with E-state index in [1.54, 1.807) is 17.0 Å². The van der Waals surface area contributed by atoms with Gasteiger partial charge in [0.15, 0.2) is 0 Å². The van der Waals surface area contributed by atoms with Crippen LogP contribution in [0.2, 0.25) is 0 Å². The highest BCUT2D eigenvalue weighted by atomic mass is 19.4. The number of nitrogens with zero attached hydrogens (tertiary/aromatic N) is 1. The molecule has 44 heavy (non-hydrogen) atoms. The van der Waals surface area contributed by atoms with E-state index in [2.05, 4.69) is 15.4 Å². The molecule has 1 aliphatic carbocycles. The van der Waals surface area contributed by atoms with Crippen LogP contribution in [0.25, 0.3) is 0 Å². The summed E-state index contributed by atoms with van der Waals surface area (Å²) in [4.78, 5) is 28.1. The SMILES string of the molecule is O=C(N[C@@H](Cc1ccccc1)[C@@H](O)CNCc1cccc(OC(F)(F)F)c1)c1cc(C2CCCC2)cc(N2CCCC2=O)c1. The van der Waals surface area contributed by atoms with Crippen molar-refractivity contribution >= 4 is 17.5 Å². The fourth-order valence-electron chi connectivity index (χ4n) is 6.10. The van der Waals surface area contributed by atoms with Crippen LogP contribution in [-0.4, -0.2) is 48.5 Å². The Labute approximate surface area is 255 Å². The van der Waals surface area contributed by atoms with Gasteiger partial charge in [-0.15, -0.1) is 13.2 Å². The van der Waals surface area contributed by atoms with Crippen LogP contribution in [0.15, 0.2) is 72.8 Å². The molecule has 7 nitrogen and oxygen atoms in total. The van der Waals surface area contributed by atoms with Crippen molar-refractivity contribution in [1.82, 2.24) is 10.6 Å². The lowest BCUT2D eigenvalue weighted by atomic mass is 9.94. The van der Waals surface area contributed by atoms with E-state index in [0.717, 1.165) is 48.9 Å². The summed E-state index contributed by atoms with van der Waals surface area (Å²) < 4.78 is 41.9. The lowest BCUT2D eigenvalue weighted by Crippen LogP contribution is -2.48. The number of nitrogens with one attached hydrogen (secondary N) is 2. The van der Waals surface area contributed by atoms with Gasteiger partial charge in [0.2, 0.25) is 5.91 Å². The predicted molar refractivity (Wildman–Crippen MR) is 161 cm³/mol. The number of carbonyl (C=O) groups excluding carboxylic acids is 2. The van der Waals surface area contributed by atoms with Crippen LogP contribution < -0.4 is 20.3 Å². The smallest absolute Gasteiger partial charge is 0.406 e. The maximum absolute atomic E-state index is 13.8. The third-order valence-electron chi connectivity index (χ3n) is 8.31. The van der Waals surface area contributed by atoms with Gasteiger partial charge in [0, 0.05) is 37.3 Å². The lowest BCUT2D eigenvalue weighted by Gasteiger charge is -2.26. The van der Waals surface area contributed by atoms with Crippen LogP contribution >= 0.6 is 0 Å². The molecule has 10 heteroatoms. The van der Waals surface area contributed by atoms with Gasteiger partial charge in [0.25, 0.3) is 5.91 Å². The highest BCUT2D eigenvalue weighted by Gasteiger charge is 2.31. The Hall–Kier alpha value is -3.89. The fraction of sp³-hybridized carbons (Fsp3) is 0.412. The van der Waals surface area contributed by atoms with Crippen LogP contribution in [-0.2, 0) is 17.8 Å². The van der Waals surface area contributed by atoms with Gasteiger partial charge < -0.3 is 25.4 Å². The zero-order chi connectivity index (χ0) is 31.1. The summed E-state index contributed by atoms with van der Waals surface area (Å²) in [5, 5.41) is 17.4. The van der Waals surface area contributed by atoms with Crippen molar-refractivity contribution in [2.75, 3.05) is 18.0 Å². The van der Waals surface area contributed by atoms with Crippen LogP contribution in [0, 0.1) is 0 Å². The Morgan fingerprint density at radius 1 is 0.977 bits per heavy atom. The molecule has 234 valence electrons. The molecule has 0 aromatic heterocycles. The molecule has 2 aliphatic rings. The molecule has 3 aromatic rings. The van der Waals surface area contributed by atoms with E-state index >= 15 is 0 Å². The summed E-state index contributed by atoms with van der Waals surface area (Å²) >= 11 is 0. The molecule has 3 N–H and O–H groups in total. The summed E-state index contributed by atoms with van der Waals surface area (Å²) in [6.45, 7) is 0.896. The summed E-state index contributed by atoms with van der Waals surface area (Å²) in [6.07, 6.45) is 0.214. The highest BCUT2D eigenvalue weighted by Crippen LogP contribution is 2.37. The average molecular weight is 610 g/mol. The quantitative estimate of drug-likeness (QED) is 0.239. The van der Waals surface area contributed by atoms with Crippen LogP contribution in [0.1, 0.15) is 71.5 Å². The lowest BCUT2D eigenvalue weighted by molar-refractivity contribution is -0.274. The molecule has 1 heterocycles. The molecule has 2 amide bonds. The van der Waals surface area contributed by atoms with E-state index in [1.165, 1.54) is 18.2 Å². The molecule has 0 bridgehead atoms. The third-order valence-corrected chi connectivity index (χ3v) is 8.31. The maximum Gasteiger partial charge on any atom is 0.573 e. The second-order valence-corrected chi connectivity index (χ2v) is 11.6. The van der Waals surface area contributed by atoms with E-state index in [-0.39, 0.29) is 30.7 Å². The standard InChI is InChI=1S/C34H38F3N3O4/c35-34(36,37)44-29-13-6-10-24(16-29)21-38-22-31(41)30(17-23-8-2-1-3-9-23)39-33(43)27-18-26(25-11-4-5-12-25)19-28(20-27)40-15-7-14-32(40)42/h1-3,6,8-10,13,16,18-20,25,30-31,38,41H,4-5,7,11-12,14-15,17,21-22H2,(H,39,43)/t30-,31-/m0/s1. The summed E-state index contributed by atoms with van der Waals surface area (Å²) in [5.41, 5.74) is 3.72. The molecule has 0 unspecified atom stereocenters. The minimum Gasteiger partial charge on any atom is -0.406 e. The second kappa shape index (κ2) is 14.3. The van der Waals surface area contributed by atoms with Crippen LogP contribution in [0.5, 0.6) is 5.75 Å². The first-order valence-corrected chi connectivity index (χ1v) is 15.2. The van der Waals surface area contributed by atoms with Gasteiger partial charge in [0.05, 0.1) is 12.1 Å². The number of halogens is 3. The molecular weight excluding hydrogens is 571 g/mol. The number of aliphatic hydroxyl groups excluding tert-OH is 1. The van der Waals surface area contributed by atoms with Crippen molar-refractivity contribution < 1.29 is 32.6 Å². The Morgan fingerprint density at radius 3 is 2.43 bits per heavy atom. The summed E-state index contributed by atoms with van der Waals surface area (Å²) in [6, 6.07) is 20.2. The fourth-order valence-corrected chi connectivity index (χ4v) is 6.10. The molecule has 1 saturated heterocycles. The topological polar surface area (TPSA) is 90.9 Å². The van der Waals surface area contributed by atoms with E-state index in [0.29, 0.717) is 36.4 Å². The first kappa shape index (κ1) is 31.5. The van der Waals surface area contributed by atoms with E-state index in [1.807, 2.05) is 42.5 Å². The number of aliphatic hydroxyl groups is 1. The third kappa shape index (κ3) is 8.60. The minimum atomic E-state index is -4.79. The summed E-state index contributed by atoms with van der Waals surface area (Å²) in [5.74, 6) is -0.260. The number of hydrogen-bond acceptors (Lipinski definition) is 5. The van der Waals surface area contributed by atoms with Crippen molar-refractivity contribution in [2.45, 2.75) is 75.9 Å². The second-order valence-electron chi connectivity index (χ2n) is 11.6. The first-order chi connectivity index (χ1) is 21.1. The molecule has 2 atom stereocenters. The Morgan fingerprint density at radius 2 is 1.73 bits per heavy atom. The number of anilines is 1. The number of benzene rings is 3. The normalized spacial score (nSPS) is 17.1. The Bertz CT molecular complexity index is 1430.